The first-order chi connectivity index (χ1) is 11.4. The molecule has 0 radical (unpaired) electrons. The average Bonchev–Trinajstić information content (AvgIpc) is 2.96. The lowest BCUT2D eigenvalue weighted by Gasteiger charge is -2.14. The molecule has 0 spiro atoms. The Morgan fingerprint density at radius 2 is 1.67 bits per heavy atom. The van der Waals surface area contributed by atoms with Crippen LogP contribution in [0.3, 0.4) is 0 Å². The normalized spacial score (nSPS) is 10.6. The fourth-order valence-corrected chi connectivity index (χ4v) is 2.47. The molecule has 24 heavy (non-hydrogen) atoms. The smallest absolute Gasteiger partial charge is 0.276 e. The topological polar surface area (TPSA) is 74.6 Å². The zero-order valence-electron chi connectivity index (χ0n) is 14.8. The molecule has 7 heteroatoms. The number of aromatic nitrogens is 2. The molecule has 0 aliphatic carbocycles. The third kappa shape index (κ3) is 3.45. The van der Waals surface area contributed by atoms with Crippen LogP contribution in [-0.4, -0.2) is 37.0 Å². The van der Waals surface area contributed by atoms with Gasteiger partial charge in [0.15, 0.2) is 17.2 Å². The van der Waals surface area contributed by atoms with Gasteiger partial charge in [-0.25, -0.2) is 0 Å². The molecule has 2 rings (SSSR count). The number of carbonyl (C=O) groups is 1. The number of benzene rings is 1. The van der Waals surface area contributed by atoms with Crippen molar-refractivity contribution in [2.75, 3.05) is 26.6 Å². The Hall–Kier alpha value is -2.70. The van der Waals surface area contributed by atoms with E-state index in [4.69, 9.17) is 14.2 Å². The maximum atomic E-state index is 12.5. The van der Waals surface area contributed by atoms with Gasteiger partial charge in [-0.1, -0.05) is 0 Å². The van der Waals surface area contributed by atoms with Gasteiger partial charge < -0.3 is 19.5 Å². The third-order valence-electron chi connectivity index (χ3n) is 3.57. The first-order valence-corrected chi connectivity index (χ1v) is 7.58. The number of hydrogen-bond acceptors (Lipinski definition) is 5. The van der Waals surface area contributed by atoms with Crippen molar-refractivity contribution in [1.82, 2.24) is 9.78 Å². The third-order valence-corrected chi connectivity index (χ3v) is 3.57. The Bertz CT molecular complexity index is 712. The van der Waals surface area contributed by atoms with Gasteiger partial charge in [0.25, 0.3) is 5.91 Å². The number of anilines is 1. The van der Waals surface area contributed by atoms with Gasteiger partial charge in [0, 0.05) is 29.6 Å². The standard InChI is InChI=1S/C17H23N3O4/c1-10(2)20-11(3)7-13(19-20)17(21)18-12-8-14(22-4)16(24-6)15(9-12)23-5/h7-10H,1-6H3,(H,18,21). The zero-order chi connectivity index (χ0) is 17.9. The Morgan fingerprint density at radius 3 is 2.08 bits per heavy atom. The Kier molecular flexibility index (Phi) is 5.33. The second-order valence-electron chi connectivity index (χ2n) is 5.58. The van der Waals surface area contributed by atoms with Gasteiger partial charge in [0.1, 0.15) is 0 Å². The lowest BCUT2D eigenvalue weighted by molar-refractivity contribution is 0.102. The van der Waals surface area contributed by atoms with Crippen LogP contribution in [0.5, 0.6) is 17.2 Å². The number of aryl methyl sites for hydroxylation is 1. The molecule has 0 bridgehead atoms. The summed E-state index contributed by atoms with van der Waals surface area (Å²) in [7, 11) is 4.58. The molecule has 0 saturated heterocycles. The molecular formula is C17H23N3O4. The van der Waals surface area contributed by atoms with Gasteiger partial charge in [0.2, 0.25) is 5.75 Å². The van der Waals surface area contributed by atoms with E-state index in [-0.39, 0.29) is 11.9 Å². The molecule has 1 amide bonds. The molecule has 0 aliphatic heterocycles. The minimum Gasteiger partial charge on any atom is -0.493 e. The van der Waals surface area contributed by atoms with Crippen LogP contribution in [0, 0.1) is 6.92 Å². The molecule has 1 heterocycles. The predicted octanol–water partition coefficient (Wildman–Crippen LogP) is 3.05. The number of ether oxygens (including phenoxy) is 3. The molecule has 0 aliphatic rings. The second-order valence-corrected chi connectivity index (χ2v) is 5.58. The number of rotatable bonds is 6. The highest BCUT2D eigenvalue weighted by atomic mass is 16.5. The predicted molar refractivity (Wildman–Crippen MR) is 91.4 cm³/mol. The van der Waals surface area contributed by atoms with Crippen LogP contribution in [0.15, 0.2) is 18.2 Å². The minimum absolute atomic E-state index is 0.188. The first kappa shape index (κ1) is 17.7. The van der Waals surface area contributed by atoms with Crippen LogP contribution in [0.4, 0.5) is 5.69 Å². The molecule has 0 atom stereocenters. The average molecular weight is 333 g/mol. The van der Waals surface area contributed by atoms with Crippen molar-refractivity contribution in [3.05, 3.63) is 29.6 Å². The van der Waals surface area contributed by atoms with Crippen molar-refractivity contribution < 1.29 is 19.0 Å². The minimum atomic E-state index is -0.299. The Labute approximate surface area is 141 Å². The number of amides is 1. The monoisotopic (exact) mass is 333 g/mol. The van der Waals surface area contributed by atoms with E-state index in [1.54, 1.807) is 18.2 Å². The van der Waals surface area contributed by atoms with Crippen LogP contribution in [0.1, 0.15) is 36.1 Å². The van der Waals surface area contributed by atoms with Crippen molar-refractivity contribution in [2.24, 2.45) is 0 Å². The lowest BCUT2D eigenvalue weighted by Crippen LogP contribution is -2.14. The van der Waals surface area contributed by atoms with E-state index in [1.807, 2.05) is 25.5 Å². The van der Waals surface area contributed by atoms with Gasteiger partial charge >= 0.3 is 0 Å². The molecule has 0 saturated carbocycles. The van der Waals surface area contributed by atoms with Gasteiger partial charge in [-0.05, 0) is 26.8 Å². The molecular weight excluding hydrogens is 310 g/mol. The van der Waals surface area contributed by atoms with E-state index in [1.165, 1.54) is 21.3 Å². The molecule has 0 unspecified atom stereocenters. The Balaban J connectivity index is 2.30. The van der Waals surface area contributed by atoms with Crippen LogP contribution in [0.25, 0.3) is 0 Å². The summed E-state index contributed by atoms with van der Waals surface area (Å²) in [5, 5.41) is 7.15. The zero-order valence-corrected chi connectivity index (χ0v) is 14.8. The number of nitrogens with zero attached hydrogens (tertiary/aromatic N) is 2. The highest BCUT2D eigenvalue weighted by molar-refractivity contribution is 6.03. The molecule has 1 N–H and O–H groups in total. The summed E-state index contributed by atoms with van der Waals surface area (Å²) < 4.78 is 17.7. The first-order valence-electron chi connectivity index (χ1n) is 7.58. The largest absolute Gasteiger partial charge is 0.493 e. The fraction of sp³-hybridized carbons (Fsp3) is 0.412. The van der Waals surface area contributed by atoms with E-state index >= 15 is 0 Å². The quantitative estimate of drug-likeness (QED) is 0.879. The van der Waals surface area contributed by atoms with E-state index in [0.717, 1.165) is 5.69 Å². The second kappa shape index (κ2) is 7.25. The molecule has 0 fully saturated rings. The number of carbonyl (C=O) groups excluding carboxylic acids is 1. The summed E-state index contributed by atoms with van der Waals surface area (Å²) >= 11 is 0. The molecule has 7 nitrogen and oxygen atoms in total. The fourth-order valence-electron chi connectivity index (χ4n) is 2.47. The molecule has 130 valence electrons. The van der Waals surface area contributed by atoms with Gasteiger partial charge in [-0.2, -0.15) is 5.10 Å². The summed E-state index contributed by atoms with van der Waals surface area (Å²) in [5.41, 5.74) is 1.82. The van der Waals surface area contributed by atoms with Crippen molar-refractivity contribution in [2.45, 2.75) is 26.8 Å². The van der Waals surface area contributed by atoms with Crippen molar-refractivity contribution in [3.8, 4) is 17.2 Å². The van der Waals surface area contributed by atoms with Crippen LogP contribution in [0.2, 0.25) is 0 Å². The van der Waals surface area contributed by atoms with Crippen molar-refractivity contribution >= 4 is 11.6 Å². The summed E-state index contributed by atoms with van der Waals surface area (Å²) in [4.78, 5) is 12.5. The highest BCUT2D eigenvalue weighted by Gasteiger charge is 2.17. The van der Waals surface area contributed by atoms with Crippen LogP contribution in [-0.2, 0) is 0 Å². The van der Waals surface area contributed by atoms with Gasteiger partial charge in [-0.3, -0.25) is 9.48 Å². The summed E-state index contributed by atoms with van der Waals surface area (Å²) in [6.07, 6.45) is 0. The number of methoxy groups -OCH3 is 3. The SMILES string of the molecule is COc1cc(NC(=O)c2cc(C)n(C(C)C)n2)cc(OC)c1OC. The molecule has 1 aromatic carbocycles. The molecule has 2 aromatic rings. The summed E-state index contributed by atoms with van der Waals surface area (Å²) in [6, 6.07) is 5.29. The van der Waals surface area contributed by atoms with Crippen molar-refractivity contribution in [1.29, 1.82) is 0 Å². The van der Waals surface area contributed by atoms with Crippen LogP contribution >= 0.6 is 0 Å². The lowest BCUT2D eigenvalue weighted by atomic mass is 10.2. The van der Waals surface area contributed by atoms with Gasteiger partial charge in [0.05, 0.1) is 21.3 Å². The summed E-state index contributed by atoms with van der Waals surface area (Å²) in [6.45, 7) is 5.95. The van der Waals surface area contributed by atoms with E-state index < -0.39 is 0 Å². The van der Waals surface area contributed by atoms with Gasteiger partial charge in [-0.15, -0.1) is 0 Å². The van der Waals surface area contributed by atoms with Crippen LogP contribution < -0.4 is 19.5 Å². The maximum Gasteiger partial charge on any atom is 0.276 e. The van der Waals surface area contributed by atoms with E-state index in [2.05, 4.69) is 10.4 Å². The number of hydrogen-bond donors (Lipinski definition) is 1. The van der Waals surface area contributed by atoms with E-state index in [0.29, 0.717) is 28.6 Å². The summed E-state index contributed by atoms with van der Waals surface area (Å²) in [5.74, 6) is 1.11. The van der Waals surface area contributed by atoms with E-state index in [9.17, 15) is 4.79 Å². The highest BCUT2D eigenvalue weighted by Crippen LogP contribution is 2.40. The molecule has 1 aromatic heterocycles. The number of nitrogens with one attached hydrogen (secondary N) is 1. The Morgan fingerprint density at radius 1 is 1.08 bits per heavy atom. The maximum absolute atomic E-state index is 12.5. The van der Waals surface area contributed by atoms with Crippen molar-refractivity contribution in [3.63, 3.8) is 0 Å².